The molecule has 1 N–H and O–H groups in total. The summed E-state index contributed by atoms with van der Waals surface area (Å²) in [6, 6.07) is 1.94. The Hall–Kier alpha value is -1.98. The van der Waals surface area contributed by atoms with E-state index in [4.69, 9.17) is 15.1 Å². The Kier molecular flexibility index (Phi) is 3.55. The van der Waals surface area contributed by atoms with Crippen LogP contribution in [-0.4, -0.2) is 52.7 Å². The van der Waals surface area contributed by atoms with Crippen LogP contribution in [-0.2, 0) is 4.74 Å². The highest BCUT2D eigenvalue weighted by Gasteiger charge is 2.27. The Balaban J connectivity index is 2.10. The number of carboxylic acids is 1. The summed E-state index contributed by atoms with van der Waals surface area (Å²) < 4.78 is 5.12. The predicted octanol–water partition coefficient (Wildman–Crippen LogP) is 0.206. The fourth-order valence-electron chi connectivity index (χ4n) is 1.52. The van der Waals surface area contributed by atoms with Gasteiger partial charge >= 0.3 is 5.97 Å². The predicted molar refractivity (Wildman–Crippen MR) is 60.3 cm³/mol. The summed E-state index contributed by atoms with van der Waals surface area (Å²) in [6.45, 7) is 0.845. The summed E-state index contributed by atoms with van der Waals surface area (Å²) in [5.74, 6) is -1.53. The lowest BCUT2D eigenvalue weighted by Crippen LogP contribution is -2.45. The first-order chi connectivity index (χ1) is 8.61. The third-order valence-corrected chi connectivity index (χ3v) is 3.23. The summed E-state index contributed by atoms with van der Waals surface area (Å²) in [7, 11) is 0. The van der Waals surface area contributed by atoms with E-state index in [-0.39, 0.29) is 23.2 Å². The van der Waals surface area contributed by atoms with E-state index in [1.54, 1.807) is 0 Å². The Bertz CT molecular complexity index is 521. The Morgan fingerprint density at radius 3 is 3.06 bits per heavy atom. The van der Waals surface area contributed by atoms with Crippen molar-refractivity contribution in [2.45, 2.75) is 6.10 Å². The van der Waals surface area contributed by atoms with Crippen LogP contribution in [0.2, 0.25) is 0 Å². The maximum absolute atomic E-state index is 12.0. The van der Waals surface area contributed by atoms with Crippen molar-refractivity contribution >= 4 is 23.2 Å². The van der Waals surface area contributed by atoms with Gasteiger partial charge in [-0.15, -0.1) is 11.3 Å². The number of carboxylic acid groups (broad SMARTS) is 1. The van der Waals surface area contributed by atoms with Gasteiger partial charge in [-0.3, -0.25) is 4.79 Å². The molecule has 1 aromatic rings. The average molecular weight is 267 g/mol. The van der Waals surface area contributed by atoms with Gasteiger partial charge in [0, 0.05) is 11.9 Å². The highest BCUT2D eigenvalue weighted by Crippen LogP contribution is 2.15. The summed E-state index contributed by atoms with van der Waals surface area (Å²) in [5.41, 5.74) is -0.145. The maximum atomic E-state index is 12.0. The van der Waals surface area contributed by atoms with Crippen molar-refractivity contribution in [3.05, 3.63) is 16.1 Å². The minimum atomic E-state index is -1.16. The van der Waals surface area contributed by atoms with Gasteiger partial charge in [0.1, 0.15) is 0 Å². The molecule has 2 heterocycles. The third kappa shape index (κ3) is 2.47. The van der Waals surface area contributed by atoms with E-state index in [0.29, 0.717) is 13.2 Å². The molecule has 1 saturated heterocycles. The molecule has 1 aromatic heterocycles. The van der Waals surface area contributed by atoms with E-state index in [1.165, 1.54) is 10.3 Å². The van der Waals surface area contributed by atoms with Crippen LogP contribution in [0.3, 0.4) is 0 Å². The number of hydrogen-bond donors (Lipinski definition) is 1. The molecule has 0 saturated carbocycles. The number of aromatic nitrogens is 1. The lowest BCUT2D eigenvalue weighted by Gasteiger charge is -2.28. The van der Waals surface area contributed by atoms with Crippen LogP contribution in [0.5, 0.6) is 0 Å². The second kappa shape index (κ2) is 5.12. The van der Waals surface area contributed by atoms with Crippen molar-refractivity contribution in [1.82, 2.24) is 9.88 Å². The molecule has 1 atom stereocenters. The molecule has 8 heteroatoms. The average Bonchev–Trinajstić information content (AvgIpc) is 2.87. The van der Waals surface area contributed by atoms with Crippen molar-refractivity contribution in [3.8, 4) is 6.07 Å². The molecule has 0 aromatic carbocycles. The van der Waals surface area contributed by atoms with E-state index in [1.807, 2.05) is 6.07 Å². The monoisotopic (exact) mass is 267 g/mol. The van der Waals surface area contributed by atoms with Crippen LogP contribution in [0.25, 0.3) is 0 Å². The van der Waals surface area contributed by atoms with Crippen LogP contribution in [0.1, 0.15) is 20.3 Å². The normalized spacial score (nSPS) is 19.3. The van der Waals surface area contributed by atoms with Crippen LogP contribution < -0.4 is 0 Å². The summed E-state index contributed by atoms with van der Waals surface area (Å²) in [5, 5.41) is 18.9. The van der Waals surface area contributed by atoms with Crippen LogP contribution >= 0.6 is 11.3 Å². The van der Waals surface area contributed by atoms with Gasteiger partial charge in [0.15, 0.2) is 16.8 Å². The second-order valence-electron chi connectivity index (χ2n) is 3.58. The molecule has 2 rings (SSSR count). The van der Waals surface area contributed by atoms with Crippen molar-refractivity contribution in [2.24, 2.45) is 0 Å². The number of nitrogens with zero attached hydrogens (tertiary/aromatic N) is 3. The number of thiazole rings is 1. The SMILES string of the molecule is N#CC1CN(C(=O)c2nc(C(=O)O)cs2)CCO1. The Labute approximate surface area is 106 Å². The van der Waals surface area contributed by atoms with E-state index in [0.717, 1.165) is 11.3 Å². The van der Waals surface area contributed by atoms with Gasteiger partial charge < -0.3 is 14.7 Å². The molecule has 0 spiro atoms. The minimum Gasteiger partial charge on any atom is -0.476 e. The fraction of sp³-hybridized carbons (Fsp3) is 0.400. The molecule has 0 bridgehead atoms. The maximum Gasteiger partial charge on any atom is 0.355 e. The zero-order valence-corrected chi connectivity index (χ0v) is 10.0. The molecule has 18 heavy (non-hydrogen) atoms. The third-order valence-electron chi connectivity index (χ3n) is 2.40. The first-order valence-electron chi connectivity index (χ1n) is 5.11. The van der Waals surface area contributed by atoms with Gasteiger partial charge in [0.25, 0.3) is 5.91 Å². The molecular weight excluding hydrogens is 258 g/mol. The smallest absolute Gasteiger partial charge is 0.355 e. The van der Waals surface area contributed by atoms with Gasteiger partial charge in [-0.05, 0) is 0 Å². The minimum absolute atomic E-state index is 0.117. The Morgan fingerprint density at radius 2 is 2.44 bits per heavy atom. The molecule has 1 fully saturated rings. The number of aromatic carboxylic acids is 1. The van der Waals surface area contributed by atoms with Gasteiger partial charge in [-0.2, -0.15) is 5.26 Å². The zero-order valence-electron chi connectivity index (χ0n) is 9.20. The molecule has 1 unspecified atom stereocenters. The van der Waals surface area contributed by atoms with Crippen LogP contribution in [0.15, 0.2) is 5.38 Å². The molecule has 1 aliphatic heterocycles. The van der Waals surface area contributed by atoms with E-state index in [2.05, 4.69) is 4.98 Å². The Morgan fingerprint density at radius 1 is 1.67 bits per heavy atom. The van der Waals surface area contributed by atoms with Crippen LogP contribution in [0.4, 0.5) is 0 Å². The largest absolute Gasteiger partial charge is 0.476 e. The molecule has 94 valence electrons. The molecule has 1 amide bonds. The van der Waals surface area contributed by atoms with Crippen molar-refractivity contribution in [1.29, 1.82) is 5.26 Å². The molecular formula is C10H9N3O4S. The summed E-state index contributed by atoms with van der Waals surface area (Å²) >= 11 is 0.982. The fourth-order valence-corrected chi connectivity index (χ4v) is 2.28. The number of hydrogen-bond acceptors (Lipinski definition) is 6. The quantitative estimate of drug-likeness (QED) is 0.821. The molecule has 0 radical (unpaired) electrons. The lowest BCUT2D eigenvalue weighted by molar-refractivity contribution is 0.00345. The molecule has 7 nitrogen and oxygen atoms in total. The number of ether oxygens (including phenoxy) is 1. The van der Waals surface area contributed by atoms with Crippen molar-refractivity contribution < 1.29 is 19.4 Å². The number of morpholine rings is 1. The number of carbonyl (C=O) groups excluding carboxylic acids is 1. The topological polar surface area (TPSA) is 104 Å². The number of carbonyl (C=O) groups is 2. The van der Waals surface area contributed by atoms with E-state index < -0.39 is 12.1 Å². The highest BCUT2D eigenvalue weighted by molar-refractivity contribution is 7.11. The van der Waals surface area contributed by atoms with Gasteiger partial charge in [-0.1, -0.05) is 0 Å². The van der Waals surface area contributed by atoms with E-state index >= 15 is 0 Å². The number of amides is 1. The highest BCUT2D eigenvalue weighted by atomic mass is 32.1. The van der Waals surface area contributed by atoms with Gasteiger partial charge in [0.2, 0.25) is 0 Å². The zero-order chi connectivity index (χ0) is 13.1. The van der Waals surface area contributed by atoms with Gasteiger partial charge in [0.05, 0.1) is 19.2 Å². The first-order valence-corrected chi connectivity index (χ1v) is 5.99. The van der Waals surface area contributed by atoms with Crippen molar-refractivity contribution in [3.63, 3.8) is 0 Å². The lowest BCUT2D eigenvalue weighted by atomic mass is 10.3. The van der Waals surface area contributed by atoms with Crippen LogP contribution in [0, 0.1) is 11.3 Å². The number of rotatable bonds is 2. The van der Waals surface area contributed by atoms with Crippen molar-refractivity contribution in [2.75, 3.05) is 19.7 Å². The van der Waals surface area contributed by atoms with E-state index in [9.17, 15) is 9.59 Å². The first kappa shape index (κ1) is 12.5. The molecule has 1 aliphatic rings. The molecule has 0 aliphatic carbocycles. The van der Waals surface area contributed by atoms with Gasteiger partial charge in [-0.25, -0.2) is 9.78 Å². The summed E-state index contributed by atoms with van der Waals surface area (Å²) in [6.07, 6.45) is -0.637. The second-order valence-corrected chi connectivity index (χ2v) is 4.44. The number of nitriles is 1. The standard InChI is InChI=1S/C10H9N3O4S/c11-3-6-4-13(1-2-17-6)9(14)8-12-7(5-18-8)10(15)16/h5-6H,1-2,4H2,(H,15,16). The summed E-state index contributed by atoms with van der Waals surface area (Å²) in [4.78, 5) is 27.9.